The molecule has 0 atom stereocenters. The minimum Gasteiger partial charge on any atom is -0.497 e. The number of carbonyl (C=O) groups is 1. The molecule has 1 amide bonds. The summed E-state index contributed by atoms with van der Waals surface area (Å²) in [5, 5.41) is 3.27. The van der Waals surface area contributed by atoms with E-state index in [9.17, 15) is 4.79 Å². The van der Waals surface area contributed by atoms with Crippen LogP contribution in [0.4, 0.5) is 17.2 Å². The van der Waals surface area contributed by atoms with Gasteiger partial charge in [0.25, 0.3) is 5.91 Å². The standard InChI is InChI=1S/C25H28N4O3/c1-31-20-12-10-19(11-13-20)28-15-6-16-29(18-17-28)25(30)21-7-5-14-26-24(21)27-22-8-3-4-9-23(22)32-2/h3-5,7-14H,6,15-18H2,1-2H3,(H,26,27). The summed E-state index contributed by atoms with van der Waals surface area (Å²) in [6.07, 6.45) is 2.58. The normalized spacial score (nSPS) is 13.9. The number of nitrogens with zero attached hydrogens (tertiary/aromatic N) is 3. The summed E-state index contributed by atoms with van der Waals surface area (Å²) in [7, 11) is 3.29. The zero-order valence-electron chi connectivity index (χ0n) is 18.5. The summed E-state index contributed by atoms with van der Waals surface area (Å²) in [5.74, 6) is 2.04. The molecule has 0 bridgehead atoms. The highest BCUT2D eigenvalue weighted by molar-refractivity contribution is 5.99. The maximum atomic E-state index is 13.4. The van der Waals surface area contributed by atoms with E-state index in [-0.39, 0.29) is 5.91 Å². The van der Waals surface area contributed by atoms with Gasteiger partial charge in [0.15, 0.2) is 0 Å². The Morgan fingerprint density at radius 1 is 0.906 bits per heavy atom. The van der Waals surface area contributed by atoms with Crippen molar-refractivity contribution < 1.29 is 14.3 Å². The number of anilines is 3. The highest BCUT2D eigenvalue weighted by Gasteiger charge is 2.23. The Kier molecular flexibility index (Phi) is 6.75. The predicted molar refractivity (Wildman–Crippen MR) is 126 cm³/mol. The topological polar surface area (TPSA) is 66.9 Å². The lowest BCUT2D eigenvalue weighted by Gasteiger charge is -2.24. The van der Waals surface area contributed by atoms with Gasteiger partial charge in [0.1, 0.15) is 17.3 Å². The van der Waals surface area contributed by atoms with Crippen LogP contribution < -0.4 is 19.7 Å². The fraction of sp³-hybridized carbons (Fsp3) is 0.280. The molecular weight excluding hydrogens is 404 g/mol. The smallest absolute Gasteiger partial charge is 0.257 e. The number of hydrogen-bond donors (Lipinski definition) is 1. The Morgan fingerprint density at radius 3 is 2.50 bits per heavy atom. The van der Waals surface area contributed by atoms with Crippen molar-refractivity contribution in [2.45, 2.75) is 6.42 Å². The van der Waals surface area contributed by atoms with E-state index in [1.54, 1.807) is 26.5 Å². The van der Waals surface area contributed by atoms with Crippen molar-refractivity contribution in [3.05, 3.63) is 72.4 Å². The maximum Gasteiger partial charge on any atom is 0.257 e. The van der Waals surface area contributed by atoms with Crippen LogP contribution in [-0.2, 0) is 0 Å². The number of methoxy groups -OCH3 is 2. The van der Waals surface area contributed by atoms with Gasteiger partial charge in [-0.2, -0.15) is 0 Å². The lowest BCUT2D eigenvalue weighted by atomic mass is 10.2. The third-order valence-corrected chi connectivity index (χ3v) is 5.62. The number of pyridine rings is 1. The fourth-order valence-electron chi connectivity index (χ4n) is 3.90. The molecule has 1 aliphatic rings. The van der Waals surface area contributed by atoms with E-state index in [1.807, 2.05) is 47.4 Å². The minimum absolute atomic E-state index is 0.0212. The number of carbonyl (C=O) groups excluding carboxylic acids is 1. The first-order valence-electron chi connectivity index (χ1n) is 10.7. The van der Waals surface area contributed by atoms with Gasteiger partial charge >= 0.3 is 0 Å². The van der Waals surface area contributed by atoms with Gasteiger partial charge in [-0.05, 0) is 55.0 Å². The molecule has 1 saturated heterocycles. The summed E-state index contributed by atoms with van der Waals surface area (Å²) in [5.41, 5.74) is 2.46. The van der Waals surface area contributed by atoms with Crippen molar-refractivity contribution in [1.29, 1.82) is 0 Å². The van der Waals surface area contributed by atoms with Crippen molar-refractivity contribution in [1.82, 2.24) is 9.88 Å². The first-order valence-corrected chi connectivity index (χ1v) is 10.7. The van der Waals surface area contributed by atoms with E-state index in [4.69, 9.17) is 9.47 Å². The van der Waals surface area contributed by atoms with Crippen LogP contribution in [0.15, 0.2) is 66.9 Å². The molecule has 0 spiro atoms. The summed E-state index contributed by atoms with van der Waals surface area (Å²) < 4.78 is 10.7. The zero-order valence-corrected chi connectivity index (χ0v) is 18.5. The highest BCUT2D eigenvalue weighted by Crippen LogP contribution is 2.28. The Hall–Kier alpha value is -3.74. The van der Waals surface area contributed by atoms with Gasteiger partial charge in [0.2, 0.25) is 0 Å². The second-order valence-electron chi connectivity index (χ2n) is 7.56. The van der Waals surface area contributed by atoms with E-state index in [0.29, 0.717) is 30.2 Å². The van der Waals surface area contributed by atoms with Crippen LogP contribution in [-0.4, -0.2) is 56.2 Å². The molecule has 1 N–H and O–H groups in total. The van der Waals surface area contributed by atoms with Gasteiger partial charge in [0, 0.05) is 38.1 Å². The second kappa shape index (κ2) is 10.0. The second-order valence-corrected chi connectivity index (χ2v) is 7.56. The first-order chi connectivity index (χ1) is 15.7. The summed E-state index contributed by atoms with van der Waals surface area (Å²) in [4.78, 5) is 22.1. The van der Waals surface area contributed by atoms with Crippen molar-refractivity contribution in [2.75, 3.05) is 50.6 Å². The lowest BCUT2D eigenvalue weighted by molar-refractivity contribution is 0.0767. The Balaban J connectivity index is 1.48. The quantitative estimate of drug-likeness (QED) is 0.630. The lowest BCUT2D eigenvalue weighted by Crippen LogP contribution is -2.35. The van der Waals surface area contributed by atoms with E-state index >= 15 is 0 Å². The molecule has 1 aromatic heterocycles. The van der Waals surface area contributed by atoms with Gasteiger partial charge in [0.05, 0.1) is 25.5 Å². The number of rotatable bonds is 6. The predicted octanol–water partition coefficient (Wildman–Crippen LogP) is 4.19. The van der Waals surface area contributed by atoms with Crippen LogP contribution in [0, 0.1) is 0 Å². The molecule has 2 heterocycles. The largest absolute Gasteiger partial charge is 0.497 e. The average Bonchev–Trinajstić information content (AvgIpc) is 3.11. The van der Waals surface area contributed by atoms with E-state index in [1.165, 1.54) is 0 Å². The molecule has 1 aliphatic heterocycles. The monoisotopic (exact) mass is 432 g/mol. The van der Waals surface area contributed by atoms with E-state index < -0.39 is 0 Å². The number of amides is 1. The molecule has 0 radical (unpaired) electrons. The van der Waals surface area contributed by atoms with Gasteiger partial charge in [-0.3, -0.25) is 4.79 Å². The fourth-order valence-corrected chi connectivity index (χ4v) is 3.90. The third-order valence-electron chi connectivity index (χ3n) is 5.62. The van der Waals surface area contributed by atoms with Crippen molar-refractivity contribution in [3.8, 4) is 11.5 Å². The van der Waals surface area contributed by atoms with Gasteiger partial charge in [-0.25, -0.2) is 4.98 Å². The SMILES string of the molecule is COc1ccc(N2CCCN(C(=O)c3cccnc3Nc3ccccc3OC)CC2)cc1. The van der Waals surface area contributed by atoms with Crippen molar-refractivity contribution in [3.63, 3.8) is 0 Å². The number of benzene rings is 2. The third kappa shape index (κ3) is 4.77. The average molecular weight is 433 g/mol. The van der Waals surface area contributed by atoms with Crippen LogP contribution in [0.5, 0.6) is 11.5 Å². The first kappa shape index (κ1) is 21.5. The highest BCUT2D eigenvalue weighted by atomic mass is 16.5. The molecule has 7 nitrogen and oxygen atoms in total. The molecular formula is C25H28N4O3. The Morgan fingerprint density at radius 2 is 1.72 bits per heavy atom. The molecule has 0 unspecified atom stereocenters. The molecule has 7 heteroatoms. The van der Waals surface area contributed by atoms with Crippen LogP contribution in [0.25, 0.3) is 0 Å². The molecule has 0 saturated carbocycles. The van der Waals surface area contributed by atoms with Crippen molar-refractivity contribution >= 4 is 23.1 Å². The number of para-hydroxylation sites is 2. The molecule has 166 valence electrons. The van der Waals surface area contributed by atoms with E-state index in [2.05, 4.69) is 27.3 Å². The molecule has 32 heavy (non-hydrogen) atoms. The number of nitrogens with one attached hydrogen (secondary N) is 1. The van der Waals surface area contributed by atoms with Crippen LogP contribution in [0.1, 0.15) is 16.8 Å². The van der Waals surface area contributed by atoms with E-state index in [0.717, 1.165) is 36.6 Å². The summed E-state index contributed by atoms with van der Waals surface area (Å²) in [6.45, 7) is 3.02. The molecule has 2 aromatic carbocycles. The maximum absolute atomic E-state index is 13.4. The van der Waals surface area contributed by atoms with Crippen LogP contribution >= 0.6 is 0 Å². The molecule has 3 aromatic rings. The molecule has 0 aliphatic carbocycles. The van der Waals surface area contributed by atoms with Crippen LogP contribution in [0.2, 0.25) is 0 Å². The summed E-state index contributed by atoms with van der Waals surface area (Å²) in [6, 6.07) is 19.3. The Bertz CT molecular complexity index is 1060. The summed E-state index contributed by atoms with van der Waals surface area (Å²) >= 11 is 0. The van der Waals surface area contributed by atoms with Gasteiger partial charge in [-0.1, -0.05) is 12.1 Å². The minimum atomic E-state index is -0.0212. The van der Waals surface area contributed by atoms with Gasteiger partial charge in [-0.15, -0.1) is 0 Å². The molecule has 4 rings (SSSR count). The number of ether oxygens (including phenoxy) is 2. The van der Waals surface area contributed by atoms with Crippen molar-refractivity contribution in [2.24, 2.45) is 0 Å². The Labute approximate surface area is 188 Å². The number of hydrogen-bond acceptors (Lipinski definition) is 6. The zero-order chi connectivity index (χ0) is 22.3. The number of aromatic nitrogens is 1. The van der Waals surface area contributed by atoms with Gasteiger partial charge < -0.3 is 24.6 Å². The molecule has 1 fully saturated rings. The van der Waals surface area contributed by atoms with Crippen LogP contribution in [0.3, 0.4) is 0 Å².